The Morgan fingerprint density at radius 3 is 2.56 bits per heavy atom. The first-order valence-corrected chi connectivity index (χ1v) is 14.6. The number of aliphatic hydroxyl groups is 1. The van der Waals surface area contributed by atoms with Gasteiger partial charge in [-0.1, -0.05) is 25.1 Å². The highest BCUT2D eigenvalue weighted by Crippen LogP contribution is 2.36. The molecular formula is C28H35N5O7S. The third-order valence-electron chi connectivity index (χ3n) is 7.04. The van der Waals surface area contributed by atoms with Crippen LogP contribution in [0.5, 0.6) is 5.75 Å². The van der Waals surface area contributed by atoms with Gasteiger partial charge < -0.3 is 24.4 Å². The van der Waals surface area contributed by atoms with Crippen molar-refractivity contribution in [1.82, 2.24) is 19.4 Å². The summed E-state index contributed by atoms with van der Waals surface area (Å²) >= 11 is 0. The standard InChI is InChI=1S/C28H35N5O7S/c1-18-12-33(19(2)16-34)27(35)22-6-5-7-23(30-41(38,39)25-15-32(4)17-29-25)26(22)40-24(18)14-31(3)13-20-8-10-21(11-9-20)28(36)37/h5-11,15,17-19,24,30,34H,12-14,16H2,1-4H3,(H,36,37)/t18-,19-,24+/m0/s1. The van der Waals surface area contributed by atoms with Gasteiger partial charge in [-0.15, -0.1) is 0 Å². The van der Waals surface area contributed by atoms with E-state index < -0.39 is 28.1 Å². The number of hydrogen-bond donors (Lipinski definition) is 3. The second-order valence-corrected chi connectivity index (χ2v) is 12.1. The number of ether oxygens (including phenoxy) is 1. The molecule has 3 atom stereocenters. The minimum absolute atomic E-state index is 0.0999. The van der Waals surface area contributed by atoms with Crippen molar-refractivity contribution in [2.75, 3.05) is 31.5 Å². The molecule has 220 valence electrons. The number of sulfonamides is 1. The van der Waals surface area contributed by atoms with Gasteiger partial charge in [-0.25, -0.2) is 9.78 Å². The molecule has 1 aliphatic rings. The predicted molar refractivity (Wildman–Crippen MR) is 151 cm³/mol. The largest absolute Gasteiger partial charge is 0.486 e. The number of carbonyl (C=O) groups excluding carboxylic acids is 1. The van der Waals surface area contributed by atoms with Crippen LogP contribution in [0.4, 0.5) is 5.69 Å². The molecule has 3 aromatic rings. The van der Waals surface area contributed by atoms with Gasteiger partial charge in [0.05, 0.1) is 35.8 Å². The molecule has 0 radical (unpaired) electrons. The fourth-order valence-corrected chi connectivity index (χ4v) is 5.75. The predicted octanol–water partition coefficient (Wildman–Crippen LogP) is 2.27. The number of imidazole rings is 1. The molecule has 0 fully saturated rings. The Morgan fingerprint density at radius 2 is 1.95 bits per heavy atom. The molecule has 0 spiro atoms. The van der Waals surface area contributed by atoms with Crippen molar-refractivity contribution in [3.05, 3.63) is 71.7 Å². The average Bonchev–Trinajstić information content (AvgIpc) is 3.38. The number of aromatic nitrogens is 2. The maximum Gasteiger partial charge on any atom is 0.335 e. The summed E-state index contributed by atoms with van der Waals surface area (Å²) in [5, 5.41) is 18.9. The van der Waals surface area contributed by atoms with E-state index in [0.29, 0.717) is 19.6 Å². The number of rotatable bonds is 10. The molecule has 0 aliphatic carbocycles. The highest BCUT2D eigenvalue weighted by atomic mass is 32.2. The highest BCUT2D eigenvalue weighted by Gasteiger charge is 2.35. The molecule has 3 N–H and O–H groups in total. The monoisotopic (exact) mass is 585 g/mol. The summed E-state index contributed by atoms with van der Waals surface area (Å²) in [6.45, 7) is 4.69. The van der Waals surface area contributed by atoms with E-state index in [4.69, 9.17) is 4.74 Å². The Labute approximate surface area is 239 Å². The van der Waals surface area contributed by atoms with Crippen LogP contribution in [0.25, 0.3) is 0 Å². The van der Waals surface area contributed by atoms with Crippen LogP contribution >= 0.6 is 0 Å². The lowest BCUT2D eigenvalue weighted by Gasteiger charge is -2.38. The van der Waals surface area contributed by atoms with Gasteiger partial charge in [-0.2, -0.15) is 8.42 Å². The number of nitrogens with zero attached hydrogens (tertiary/aromatic N) is 4. The van der Waals surface area contributed by atoms with E-state index in [1.807, 2.05) is 18.9 Å². The summed E-state index contributed by atoms with van der Waals surface area (Å²) in [7, 11) is -0.525. The van der Waals surface area contributed by atoms with Crippen LogP contribution in [0.15, 0.2) is 60.0 Å². The third-order valence-corrected chi connectivity index (χ3v) is 8.29. The summed E-state index contributed by atoms with van der Waals surface area (Å²) in [6.07, 6.45) is 2.27. The zero-order valence-electron chi connectivity index (χ0n) is 23.4. The van der Waals surface area contributed by atoms with Gasteiger partial charge >= 0.3 is 5.97 Å². The summed E-state index contributed by atoms with van der Waals surface area (Å²) in [5.74, 6) is -1.47. The van der Waals surface area contributed by atoms with Gasteiger partial charge in [0.15, 0.2) is 10.8 Å². The molecule has 13 heteroatoms. The number of para-hydroxylation sites is 1. The number of aliphatic hydroxyl groups excluding tert-OH is 1. The minimum Gasteiger partial charge on any atom is -0.486 e. The number of likely N-dealkylation sites (N-methyl/N-ethyl adjacent to an activating group) is 1. The van der Waals surface area contributed by atoms with Crippen LogP contribution in [0.1, 0.15) is 40.1 Å². The van der Waals surface area contributed by atoms with Crippen molar-refractivity contribution < 1.29 is 33.0 Å². The summed E-state index contributed by atoms with van der Waals surface area (Å²) in [6, 6.07) is 10.8. The fourth-order valence-electron chi connectivity index (χ4n) is 4.70. The van der Waals surface area contributed by atoms with Crippen LogP contribution in [0.3, 0.4) is 0 Å². The van der Waals surface area contributed by atoms with Crippen molar-refractivity contribution in [2.45, 2.75) is 37.6 Å². The van der Waals surface area contributed by atoms with E-state index in [-0.39, 0.29) is 46.0 Å². The number of amides is 1. The van der Waals surface area contributed by atoms with E-state index in [2.05, 4.69) is 9.71 Å². The van der Waals surface area contributed by atoms with E-state index in [9.17, 15) is 28.2 Å². The van der Waals surface area contributed by atoms with E-state index in [0.717, 1.165) is 5.56 Å². The number of aryl methyl sites for hydroxylation is 1. The van der Waals surface area contributed by atoms with Crippen molar-refractivity contribution in [3.8, 4) is 5.75 Å². The minimum atomic E-state index is -4.08. The lowest BCUT2D eigenvalue weighted by molar-refractivity contribution is 0.0343. The SMILES string of the molecule is C[C@H]1CN([C@@H](C)CO)C(=O)c2cccc(NS(=O)(=O)c3cn(C)cn3)c2O[C@@H]1CN(C)Cc1ccc(C(=O)O)cc1. The summed E-state index contributed by atoms with van der Waals surface area (Å²) in [4.78, 5) is 32.4. The van der Waals surface area contributed by atoms with Crippen molar-refractivity contribution in [3.63, 3.8) is 0 Å². The molecule has 1 amide bonds. The van der Waals surface area contributed by atoms with Crippen molar-refractivity contribution in [1.29, 1.82) is 0 Å². The van der Waals surface area contributed by atoms with Crippen molar-refractivity contribution >= 4 is 27.6 Å². The smallest absolute Gasteiger partial charge is 0.335 e. The van der Waals surface area contributed by atoms with Gasteiger partial charge in [0.25, 0.3) is 15.9 Å². The maximum absolute atomic E-state index is 13.7. The molecule has 0 saturated heterocycles. The topological polar surface area (TPSA) is 154 Å². The van der Waals surface area contributed by atoms with Gasteiger partial charge in [-0.05, 0) is 43.8 Å². The number of hydrogen-bond acceptors (Lipinski definition) is 8. The number of carboxylic acids is 1. The van der Waals surface area contributed by atoms with E-state index >= 15 is 0 Å². The maximum atomic E-state index is 13.7. The number of nitrogens with one attached hydrogen (secondary N) is 1. The van der Waals surface area contributed by atoms with Crippen LogP contribution in [-0.2, 0) is 23.6 Å². The van der Waals surface area contributed by atoms with Crippen LogP contribution in [0, 0.1) is 5.92 Å². The first-order chi connectivity index (χ1) is 19.4. The quantitative estimate of drug-likeness (QED) is 0.325. The second kappa shape index (κ2) is 12.3. The zero-order valence-corrected chi connectivity index (χ0v) is 24.2. The molecule has 4 rings (SSSR count). The van der Waals surface area contributed by atoms with Gasteiger partial charge in [0.1, 0.15) is 6.10 Å². The highest BCUT2D eigenvalue weighted by molar-refractivity contribution is 7.92. The Hall–Kier alpha value is -3.94. The second-order valence-electron chi connectivity index (χ2n) is 10.5. The zero-order chi connectivity index (χ0) is 29.9. The molecule has 1 aromatic heterocycles. The summed E-state index contributed by atoms with van der Waals surface area (Å²) in [5.41, 5.74) is 1.39. The van der Waals surface area contributed by atoms with E-state index in [1.54, 1.807) is 55.3 Å². The average molecular weight is 586 g/mol. The third kappa shape index (κ3) is 6.87. The Morgan fingerprint density at radius 1 is 1.24 bits per heavy atom. The Kier molecular flexibility index (Phi) is 9.00. The number of carboxylic acid groups (broad SMARTS) is 1. The van der Waals surface area contributed by atoms with Crippen LogP contribution < -0.4 is 9.46 Å². The van der Waals surface area contributed by atoms with Gasteiger partial charge in [-0.3, -0.25) is 14.4 Å². The lowest BCUT2D eigenvalue weighted by atomic mass is 9.99. The van der Waals surface area contributed by atoms with Crippen LogP contribution in [-0.4, -0.2) is 88.7 Å². The first-order valence-electron chi connectivity index (χ1n) is 13.1. The van der Waals surface area contributed by atoms with E-state index in [1.165, 1.54) is 23.2 Å². The summed E-state index contributed by atoms with van der Waals surface area (Å²) < 4.78 is 36.8. The lowest BCUT2D eigenvalue weighted by Crippen LogP contribution is -2.49. The molecular weight excluding hydrogens is 550 g/mol. The fraction of sp³-hybridized carbons (Fsp3) is 0.393. The van der Waals surface area contributed by atoms with Crippen LogP contribution in [0.2, 0.25) is 0 Å². The normalized spacial score (nSPS) is 18.3. The van der Waals surface area contributed by atoms with Crippen molar-refractivity contribution in [2.24, 2.45) is 13.0 Å². The molecule has 1 aliphatic heterocycles. The molecule has 2 heterocycles. The van der Waals surface area contributed by atoms with Gasteiger partial charge in [0, 0.05) is 38.8 Å². The molecule has 12 nitrogen and oxygen atoms in total. The number of fused-ring (bicyclic) bond motifs is 1. The molecule has 41 heavy (non-hydrogen) atoms. The molecule has 0 bridgehead atoms. The Bertz CT molecular complexity index is 1510. The number of carbonyl (C=O) groups is 2. The first kappa shape index (κ1) is 30.0. The molecule has 0 unspecified atom stereocenters. The number of benzene rings is 2. The van der Waals surface area contributed by atoms with Gasteiger partial charge in [0.2, 0.25) is 0 Å². The molecule has 2 aromatic carbocycles. The number of aromatic carboxylic acids is 1. The Balaban J connectivity index is 1.67. The number of anilines is 1. The molecule has 0 saturated carbocycles.